The van der Waals surface area contributed by atoms with E-state index in [0.717, 1.165) is 12.8 Å². The number of methoxy groups -OCH3 is 1. The number of ether oxygens (including phenoxy) is 6. The van der Waals surface area contributed by atoms with Crippen LogP contribution in [0, 0.1) is 0 Å². The highest BCUT2D eigenvalue weighted by molar-refractivity contribution is 7.53. The Morgan fingerprint density at radius 2 is 1.17 bits per heavy atom. The molecule has 0 radical (unpaired) electrons. The lowest BCUT2D eigenvalue weighted by Crippen LogP contribution is -2.61. The fourth-order valence-electron chi connectivity index (χ4n) is 4.15. The normalized spacial score (nSPS) is 36.0. The van der Waals surface area contributed by atoms with Gasteiger partial charge in [-0.3, -0.25) is 4.57 Å². The molecule has 11 atom stereocenters. The molecule has 0 aromatic carbocycles. The summed E-state index contributed by atoms with van der Waals surface area (Å²) in [6.45, 7) is 3.80. The van der Waals surface area contributed by atoms with Crippen molar-refractivity contribution in [1.82, 2.24) is 0 Å². The predicted octanol–water partition coefficient (Wildman–Crippen LogP) is -1.14. The SMILES string of the molecule is COCCCCCOC1OC(COC2OC(COCCCCOP(=O)(O)C(C)C)C(O)C(O)C2O)C(O)C(O)C1O. The van der Waals surface area contributed by atoms with Crippen LogP contribution in [0.25, 0.3) is 0 Å². The Morgan fingerprint density at radius 3 is 1.76 bits per heavy atom. The average Bonchev–Trinajstić information content (AvgIpc) is 2.93. The molecule has 2 saturated heterocycles. The van der Waals surface area contributed by atoms with Gasteiger partial charge >= 0.3 is 7.60 Å². The van der Waals surface area contributed by atoms with Crippen LogP contribution in [0.3, 0.4) is 0 Å². The number of aliphatic hydroxyl groups excluding tert-OH is 6. The topological polar surface area (TPSA) is 223 Å². The van der Waals surface area contributed by atoms with E-state index in [2.05, 4.69) is 0 Å². The van der Waals surface area contributed by atoms with Gasteiger partial charge in [-0.1, -0.05) is 13.8 Å². The molecule has 0 spiro atoms. The minimum absolute atomic E-state index is 0.0831. The maximum Gasteiger partial charge on any atom is 0.330 e. The van der Waals surface area contributed by atoms with Crippen molar-refractivity contribution in [3.63, 3.8) is 0 Å². The van der Waals surface area contributed by atoms with Gasteiger partial charge in [-0.2, -0.15) is 0 Å². The maximum absolute atomic E-state index is 11.8. The Kier molecular flexibility index (Phi) is 16.6. The van der Waals surface area contributed by atoms with Crippen LogP contribution in [0.2, 0.25) is 0 Å². The number of rotatable bonds is 19. The van der Waals surface area contributed by atoms with Crippen LogP contribution in [0.5, 0.6) is 0 Å². The summed E-state index contributed by atoms with van der Waals surface area (Å²) in [5, 5.41) is 61.9. The van der Waals surface area contributed by atoms with E-state index in [1.54, 1.807) is 21.0 Å². The number of hydrogen-bond donors (Lipinski definition) is 7. The van der Waals surface area contributed by atoms with Gasteiger partial charge in [-0.25, -0.2) is 0 Å². The van der Waals surface area contributed by atoms with E-state index < -0.39 is 81.3 Å². The van der Waals surface area contributed by atoms with Gasteiger partial charge in [-0.05, 0) is 32.1 Å². The van der Waals surface area contributed by atoms with Crippen LogP contribution in [-0.4, -0.2) is 149 Å². The Labute approximate surface area is 240 Å². The van der Waals surface area contributed by atoms with Crippen LogP contribution in [0.15, 0.2) is 0 Å². The molecule has 2 aliphatic rings. The molecule has 0 aliphatic carbocycles. The molecule has 2 fully saturated rings. The Bertz CT molecular complexity index is 761. The highest BCUT2D eigenvalue weighted by atomic mass is 31.2. The standard InChI is InChI=1S/C25H49O15P/c1-15(2)41(32,33)38-12-8-7-10-35-13-16-18(26)20(28)23(31)25(39-16)37-14-17-19(27)21(29)22(30)24(40-17)36-11-6-4-5-9-34-3/h15-31H,4-14H2,1-3H3,(H,32,33). The quantitative estimate of drug-likeness (QED) is 0.0670. The summed E-state index contributed by atoms with van der Waals surface area (Å²) >= 11 is 0. The molecule has 2 aliphatic heterocycles. The second-order valence-corrected chi connectivity index (χ2v) is 13.0. The van der Waals surface area contributed by atoms with E-state index in [-0.39, 0.29) is 26.4 Å². The van der Waals surface area contributed by atoms with E-state index >= 15 is 0 Å². The van der Waals surface area contributed by atoms with Crippen molar-refractivity contribution < 1.29 is 73.0 Å². The zero-order valence-electron chi connectivity index (χ0n) is 24.0. The van der Waals surface area contributed by atoms with E-state index in [1.165, 1.54) is 0 Å². The molecule has 244 valence electrons. The van der Waals surface area contributed by atoms with Crippen molar-refractivity contribution in [3.05, 3.63) is 0 Å². The van der Waals surface area contributed by atoms with Crippen molar-refractivity contribution >= 4 is 7.60 Å². The minimum Gasteiger partial charge on any atom is -0.387 e. The lowest BCUT2D eigenvalue weighted by molar-refractivity contribution is -0.331. The van der Waals surface area contributed by atoms with Crippen molar-refractivity contribution in [3.8, 4) is 0 Å². The van der Waals surface area contributed by atoms with E-state index in [1.807, 2.05) is 0 Å². The molecule has 0 aromatic rings. The molecule has 41 heavy (non-hydrogen) atoms. The molecule has 11 unspecified atom stereocenters. The number of hydrogen-bond acceptors (Lipinski definition) is 14. The zero-order valence-corrected chi connectivity index (χ0v) is 24.9. The van der Waals surface area contributed by atoms with Crippen LogP contribution in [-0.2, 0) is 37.5 Å². The van der Waals surface area contributed by atoms with Gasteiger partial charge in [0.05, 0.1) is 25.5 Å². The Balaban J connectivity index is 1.79. The smallest absolute Gasteiger partial charge is 0.330 e. The predicted molar refractivity (Wildman–Crippen MR) is 142 cm³/mol. The molecule has 0 aromatic heterocycles. The molecule has 15 nitrogen and oxygen atoms in total. The lowest BCUT2D eigenvalue weighted by Gasteiger charge is -2.43. The molecule has 16 heteroatoms. The highest BCUT2D eigenvalue weighted by Crippen LogP contribution is 2.47. The van der Waals surface area contributed by atoms with Gasteiger partial charge in [0.25, 0.3) is 0 Å². The number of aliphatic hydroxyl groups is 6. The molecule has 7 N–H and O–H groups in total. The first-order valence-electron chi connectivity index (χ1n) is 14.1. The average molecular weight is 621 g/mol. The summed E-state index contributed by atoms with van der Waals surface area (Å²) in [5.41, 5.74) is -0.499. The second kappa shape index (κ2) is 18.5. The van der Waals surface area contributed by atoms with Gasteiger partial charge in [-0.15, -0.1) is 0 Å². The monoisotopic (exact) mass is 620 g/mol. The molecular formula is C25H49O15P. The van der Waals surface area contributed by atoms with Gasteiger partial charge in [0.1, 0.15) is 48.8 Å². The molecular weight excluding hydrogens is 571 g/mol. The summed E-state index contributed by atoms with van der Waals surface area (Å²) in [6.07, 6.45) is -10.9. The third-order valence-electron chi connectivity index (χ3n) is 6.93. The van der Waals surface area contributed by atoms with Crippen molar-refractivity contribution in [2.24, 2.45) is 0 Å². The zero-order chi connectivity index (χ0) is 30.6. The van der Waals surface area contributed by atoms with E-state index in [4.69, 9.17) is 32.9 Å². The molecule has 0 saturated carbocycles. The number of unbranched alkanes of at least 4 members (excludes halogenated alkanes) is 3. The Hall–Kier alpha value is -0.330. The van der Waals surface area contributed by atoms with E-state index in [0.29, 0.717) is 25.9 Å². The van der Waals surface area contributed by atoms with Crippen LogP contribution < -0.4 is 0 Å². The van der Waals surface area contributed by atoms with Crippen molar-refractivity contribution in [2.45, 2.75) is 113 Å². The third-order valence-corrected chi connectivity index (χ3v) is 8.79. The molecule has 0 bridgehead atoms. The molecule has 0 amide bonds. The third kappa shape index (κ3) is 11.6. The van der Waals surface area contributed by atoms with Crippen LogP contribution >= 0.6 is 7.60 Å². The molecule has 2 heterocycles. The first kappa shape index (κ1) is 36.9. The van der Waals surface area contributed by atoms with Gasteiger partial charge < -0.3 is 68.5 Å². The van der Waals surface area contributed by atoms with Gasteiger partial charge in [0.2, 0.25) is 0 Å². The summed E-state index contributed by atoms with van der Waals surface area (Å²) < 4.78 is 49.6. The van der Waals surface area contributed by atoms with Crippen molar-refractivity contribution in [1.29, 1.82) is 0 Å². The van der Waals surface area contributed by atoms with Gasteiger partial charge in [0.15, 0.2) is 12.6 Å². The fraction of sp³-hybridized carbons (Fsp3) is 1.00. The largest absolute Gasteiger partial charge is 0.387 e. The summed E-state index contributed by atoms with van der Waals surface area (Å²) in [4.78, 5) is 9.66. The van der Waals surface area contributed by atoms with Crippen molar-refractivity contribution in [2.75, 3.05) is 46.8 Å². The molecule has 2 rings (SSSR count). The summed E-state index contributed by atoms with van der Waals surface area (Å²) in [5.74, 6) is 0. The Morgan fingerprint density at radius 1 is 0.659 bits per heavy atom. The maximum atomic E-state index is 11.8. The summed E-state index contributed by atoms with van der Waals surface area (Å²) in [6, 6.07) is 0. The fourth-order valence-corrected chi connectivity index (χ4v) is 4.84. The second-order valence-electron chi connectivity index (χ2n) is 10.6. The summed E-state index contributed by atoms with van der Waals surface area (Å²) in [7, 11) is -2.02. The van der Waals surface area contributed by atoms with Crippen LogP contribution in [0.1, 0.15) is 46.0 Å². The van der Waals surface area contributed by atoms with Crippen LogP contribution in [0.4, 0.5) is 0 Å². The van der Waals surface area contributed by atoms with E-state index in [9.17, 15) is 40.1 Å². The first-order valence-corrected chi connectivity index (χ1v) is 15.7. The first-order chi connectivity index (χ1) is 19.4. The van der Waals surface area contributed by atoms with Gasteiger partial charge in [0, 0.05) is 26.9 Å². The lowest BCUT2D eigenvalue weighted by atomic mass is 9.98. The minimum atomic E-state index is -3.63. The highest BCUT2D eigenvalue weighted by Gasteiger charge is 2.47.